The van der Waals surface area contributed by atoms with Crippen molar-refractivity contribution in [3.8, 4) is 0 Å². The lowest BCUT2D eigenvalue weighted by atomic mass is 10.1. The molecule has 1 aliphatic heterocycles. The van der Waals surface area contributed by atoms with Crippen LogP contribution in [0.4, 0.5) is 0 Å². The number of rotatable bonds is 5. The fourth-order valence-corrected chi connectivity index (χ4v) is 2.30. The maximum absolute atomic E-state index is 9.79. The second kappa shape index (κ2) is 9.07. The minimum atomic E-state index is -0.948. The van der Waals surface area contributed by atoms with Crippen LogP contribution in [-0.2, 0) is 9.59 Å². The van der Waals surface area contributed by atoms with Crippen LogP contribution in [-0.4, -0.2) is 45.6 Å². The maximum atomic E-state index is 9.79. The summed E-state index contributed by atoms with van der Waals surface area (Å²) < 4.78 is 0. The smallest absolute Gasteiger partial charge is 0.303 e. The van der Waals surface area contributed by atoms with Crippen LogP contribution >= 0.6 is 0 Å². The van der Waals surface area contributed by atoms with E-state index in [1.807, 2.05) is 18.5 Å². The molecule has 0 saturated carbocycles. The van der Waals surface area contributed by atoms with Gasteiger partial charge in [0.2, 0.25) is 0 Å². The third-order valence-electron chi connectivity index (χ3n) is 3.37. The van der Waals surface area contributed by atoms with Gasteiger partial charge in [0.1, 0.15) is 0 Å². The summed E-state index contributed by atoms with van der Waals surface area (Å²) >= 11 is 0. The van der Waals surface area contributed by atoms with Gasteiger partial charge in [-0.05, 0) is 44.5 Å². The Morgan fingerprint density at radius 2 is 2.00 bits per heavy atom. The van der Waals surface area contributed by atoms with Crippen LogP contribution in [0.3, 0.4) is 0 Å². The summed E-state index contributed by atoms with van der Waals surface area (Å²) in [6.45, 7) is 1.22. The predicted molar refractivity (Wildman–Crippen MR) is 78.0 cm³/mol. The fraction of sp³-hybridized carbons (Fsp3) is 0.533. The van der Waals surface area contributed by atoms with Gasteiger partial charge < -0.3 is 10.2 Å². The summed E-state index contributed by atoms with van der Waals surface area (Å²) in [6.07, 6.45) is 6.49. The molecule has 6 heteroatoms. The zero-order valence-corrected chi connectivity index (χ0v) is 12.2. The van der Waals surface area contributed by atoms with Crippen molar-refractivity contribution in [2.75, 3.05) is 13.6 Å². The number of carbonyl (C=O) groups is 2. The van der Waals surface area contributed by atoms with Crippen LogP contribution in [0.25, 0.3) is 0 Å². The minimum absolute atomic E-state index is 0.0632. The molecule has 0 amide bonds. The lowest BCUT2D eigenvalue weighted by Crippen LogP contribution is -2.17. The van der Waals surface area contributed by atoms with E-state index in [-0.39, 0.29) is 19.3 Å². The van der Waals surface area contributed by atoms with E-state index in [4.69, 9.17) is 10.2 Å². The number of pyridine rings is 1. The summed E-state index contributed by atoms with van der Waals surface area (Å²) in [7, 11) is 2.19. The highest BCUT2D eigenvalue weighted by molar-refractivity contribution is 5.69. The molecule has 1 saturated heterocycles. The van der Waals surface area contributed by atoms with E-state index in [0.29, 0.717) is 6.04 Å². The monoisotopic (exact) mass is 294 g/mol. The van der Waals surface area contributed by atoms with Gasteiger partial charge in [-0.25, -0.2) is 0 Å². The maximum Gasteiger partial charge on any atom is 0.303 e. The number of carboxylic acid groups (broad SMARTS) is 2. The Bertz CT molecular complexity index is 436. The van der Waals surface area contributed by atoms with E-state index in [2.05, 4.69) is 23.0 Å². The molecule has 2 N–H and O–H groups in total. The Balaban J connectivity index is 0.000000222. The molecule has 1 fully saturated rings. The molecule has 0 aliphatic carbocycles. The zero-order chi connectivity index (χ0) is 15.7. The first kappa shape index (κ1) is 17.1. The van der Waals surface area contributed by atoms with Crippen LogP contribution in [0.2, 0.25) is 0 Å². The van der Waals surface area contributed by atoms with E-state index in [0.717, 1.165) is 0 Å². The van der Waals surface area contributed by atoms with Crippen LogP contribution in [0.5, 0.6) is 0 Å². The Hall–Kier alpha value is -1.95. The number of hydrogen-bond donors (Lipinski definition) is 2. The van der Waals surface area contributed by atoms with Crippen molar-refractivity contribution in [1.82, 2.24) is 9.88 Å². The molecule has 2 rings (SSSR count). The van der Waals surface area contributed by atoms with Crippen molar-refractivity contribution in [2.45, 2.75) is 38.1 Å². The second-order valence-corrected chi connectivity index (χ2v) is 5.07. The first-order chi connectivity index (χ1) is 10.0. The number of hydrogen-bond acceptors (Lipinski definition) is 4. The molecule has 1 aliphatic rings. The first-order valence-corrected chi connectivity index (χ1v) is 7.04. The van der Waals surface area contributed by atoms with Gasteiger partial charge in [-0.1, -0.05) is 6.07 Å². The van der Waals surface area contributed by atoms with Gasteiger partial charge in [-0.3, -0.25) is 19.5 Å². The van der Waals surface area contributed by atoms with Crippen molar-refractivity contribution in [3.63, 3.8) is 0 Å². The Kier molecular flexibility index (Phi) is 7.39. The molecular formula is C15H22N2O4. The highest BCUT2D eigenvalue weighted by Crippen LogP contribution is 2.29. The van der Waals surface area contributed by atoms with Crippen molar-refractivity contribution in [3.05, 3.63) is 30.1 Å². The molecule has 0 aromatic carbocycles. The molecule has 0 bridgehead atoms. The van der Waals surface area contributed by atoms with Gasteiger partial charge in [-0.15, -0.1) is 0 Å². The van der Waals surface area contributed by atoms with Crippen LogP contribution in [0.15, 0.2) is 24.5 Å². The van der Waals surface area contributed by atoms with Crippen molar-refractivity contribution in [1.29, 1.82) is 0 Å². The number of aromatic nitrogens is 1. The quantitative estimate of drug-likeness (QED) is 0.865. The molecule has 1 aromatic heterocycles. The third-order valence-corrected chi connectivity index (χ3v) is 3.37. The van der Waals surface area contributed by atoms with E-state index in [1.165, 1.54) is 24.9 Å². The topological polar surface area (TPSA) is 90.7 Å². The number of aliphatic carboxylic acids is 2. The molecule has 1 aromatic rings. The second-order valence-electron chi connectivity index (χ2n) is 5.07. The predicted octanol–water partition coefficient (Wildman–Crippen LogP) is 2.17. The Labute approximate surface area is 124 Å². The third kappa shape index (κ3) is 6.85. The van der Waals surface area contributed by atoms with Crippen molar-refractivity contribution < 1.29 is 19.8 Å². The van der Waals surface area contributed by atoms with Gasteiger partial charge in [-0.2, -0.15) is 0 Å². The van der Waals surface area contributed by atoms with Crippen molar-refractivity contribution in [2.24, 2.45) is 0 Å². The average Bonchev–Trinajstić information content (AvgIpc) is 2.86. The number of nitrogens with zero attached hydrogens (tertiary/aromatic N) is 2. The molecule has 21 heavy (non-hydrogen) atoms. The van der Waals surface area contributed by atoms with Crippen LogP contribution < -0.4 is 0 Å². The molecule has 0 spiro atoms. The summed E-state index contributed by atoms with van der Waals surface area (Å²) in [5.41, 5.74) is 1.36. The van der Waals surface area contributed by atoms with Crippen molar-refractivity contribution >= 4 is 11.9 Å². The highest BCUT2D eigenvalue weighted by Gasteiger charge is 2.21. The lowest BCUT2D eigenvalue weighted by molar-refractivity contribution is -0.138. The molecule has 116 valence electrons. The van der Waals surface area contributed by atoms with Gasteiger partial charge in [0.05, 0.1) is 0 Å². The molecule has 0 radical (unpaired) electrons. The molecule has 6 nitrogen and oxygen atoms in total. The number of likely N-dealkylation sites (tertiary alicyclic amines) is 1. The standard InChI is InChI=1S/C10H14N2.C5H8O4/c1-12-7-3-5-10(12)9-4-2-6-11-8-9;6-4(7)2-1-3-5(8)9/h2,4,6,8,10H,3,5,7H2,1H3;1-3H2,(H,6,7)(H,8,9)/t10-;/m0./s1. The van der Waals surface area contributed by atoms with E-state index in [9.17, 15) is 9.59 Å². The summed E-state index contributed by atoms with van der Waals surface area (Å²) in [5.74, 6) is -1.90. The summed E-state index contributed by atoms with van der Waals surface area (Å²) in [4.78, 5) is 26.1. The molecule has 0 unspecified atom stereocenters. The van der Waals surface area contributed by atoms with E-state index < -0.39 is 11.9 Å². The van der Waals surface area contributed by atoms with Crippen LogP contribution in [0, 0.1) is 0 Å². The summed E-state index contributed by atoms with van der Waals surface area (Å²) in [5, 5.41) is 16.1. The Morgan fingerprint density at radius 3 is 2.43 bits per heavy atom. The molecular weight excluding hydrogens is 272 g/mol. The molecule has 2 heterocycles. The summed E-state index contributed by atoms with van der Waals surface area (Å²) in [6, 6.07) is 4.79. The minimum Gasteiger partial charge on any atom is -0.481 e. The zero-order valence-electron chi connectivity index (χ0n) is 12.2. The fourth-order valence-electron chi connectivity index (χ4n) is 2.30. The van der Waals surface area contributed by atoms with Gasteiger partial charge in [0.15, 0.2) is 0 Å². The first-order valence-electron chi connectivity index (χ1n) is 7.04. The van der Waals surface area contributed by atoms with Crippen LogP contribution in [0.1, 0.15) is 43.7 Å². The van der Waals surface area contributed by atoms with E-state index >= 15 is 0 Å². The molecule has 1 atom stereocenters. The average molecular weight is 294 g/mol. The number of carboxylic acids is 2. The highest BCUT2D eigenvalue weighted by atomic mass is 16.4. The van der Waals surface area contributed by atoms with Gasteiger partial charge in [0, 0.05) is 31.3 Å². The largest absolute Gasteiger partial charge is 0.481 e. The lowest BCUT2D eigenvalue weighted by Gasteiger charge is -2.18. The van der Waals surface area contributed by atoms with Gasteiger partial charge in [0.25, 0.3) is 0 Å². The van der Waals surface area contributed by atoms with E-state index in [1.54, 1.807) is 0 Å². The van der Waals surface area contributed by atoms with Gasteiger partial charge >= 0.3 is 11.9 Å². The Morgan fingerprint density at radius 1 is 1.33 bits per heavy atom. The normalized spacial score (nSPS) is 17.9. The SMILES string of the molecule is CN1CCC[C@H]1c1cccnc1.O=C(O)CCCC(=O)O.